The van der Waals surface area contributed by atoms with Crippen LogP contribution < -0.4 is 5.32 Å². The lowest BCUT2D eigenvalue weighted by molar-refractivity contribution is -0.131. The van der Waals surface area contributed by atoms with E-state index >= 15 is 0 Å². The highest BCUT2D eigenvalue weighted by Crippen LogP contribution is 2.20. The molecule has 0 radical (unpaired) electrons. The van der Waals surface area contributed by atoms with E-state index in [1.807, 2.05) is 6.92 Å². The highest BCUT2D eigenvalue weighted by atomic mass is 79.9. The molecule has 0 saturated carbocycles. The summed E-state index contributed by atoms with van der Waals surface area (Å²) in [7, 11) is 0. The Balaban J connectivity index is 2.38. The summed E-state index contributed by atoms with van der Waals surface area (Å²) in [5.41, 5.74) is 0. The standard InChI is InChI=1S/C9H16BrNO2/c1-6-3-4-13-8(6)9(12)11-7(2)5-10/h6-8H,3-5H2,1-2H3,(H,11,12). The van der Waals surface area contributed by atoms with Crippen LogP contribution in [0.4, 0.5) is 0 Å². The van der Waals surface area contributed by atoms with Gasteiger partial charge in [-0.3, -0.25) is 4.79 Å². The third-order valence-corrected chi connectivity index (χ3v) is 3.24. The molecule has 1 amide bonds. The van der Waals surface area contributed by atoms with Crippen molar-refractivity contribution in [2.24, 2.45) is 5.92 Å². The van der Waals surface area contributed by atoms with E-state index in [4.69, 9.17) is 4.74 Å². The van der Waals surface area contributed by atoms with E-state index in [1.165, 1.54) is 0 Å². The highest BCUT2D eigenvalue weighted by Gasteiger charge is 2.31. The third kappa shape index (κ3) is 2.95. The first-order valence-electron chi connectivity index (χ1n) is 4.63. The molecule has 1 N–H and O–H groups in total. The number of carbonyl (C=O) groups excluding carboxylic acids is 1. The van der Waals surface area contributed by atoms with Gasteiger partial charge >= 0.3 is 0 Å². The van der Waals surface area contributed by atoms with E-state index in [-0.39, 0.29) is 18.1 Å². The van der Waals surface area contributed by atoms with Crippen LogP contribution in [0.3, 0.4) is 0 Å². The molecule has 1 saturated heterocycles. The molecule has 0 spiro atoms. The zero-order chi connectivity index (χ0) is 9.84. The molecule has 3 nitrogen and oxygen atoms in total. The van der Waals surface area contributed by atoms with Gasteiger partial charge in [-0.15, -0.1) is 0 Å². The van der Waals surface area contributed by atoms with Gasteiger partial charge in [-0.1, -0.05) is 22.9 Å². The topological polar surface area (TPSA) is 38.3 Å². The van der Waals surface area contributed by atoms with Crippen molar-refractivity contribution in [1.82, 2.24) is 5.32 Å². The van der Waals surface area contributed by atoms with Gasteiger partial charge < -0.3 is 10.1 Å². The molecule has 76 valence electrons. The molecule has 0 aromatic heterocycles. The summed E-state index contributed by atoms with van der Waals surface area (Å²) in [6, 6.07) is 0.170. The molecule has 1 aliphatic heterocycles. The van der Waals surface area contributed by atoms with Crippen molar-refractivity contribution >= 4 is 21.8 Å². The minimum absolute atomic E-state index is 0.0250. The molecule has 1 aliphatic rings. The lowest BCUT2D eigenvalue weighted by atomic mass is 10.0. The number of amides is 1. The zero-order valence-corrected chi connectivity index (χ0v) is 9.63. The first-order chi connectivity index (χ1) is 6.15. The Bertz CT molecular complexity index is 186. The SMILES string of the molecule is CC(CBr)NC(=O)C1OCCC1C. The fraction of sp³-hybridized carbons (Fsp3) is 0.889. The van der Waals surface area contributed by atoms with E-state index in [0.29, 0.717) is 12.5 Å². The van der Waals surface area contributed by atoms with E-state index in [9.17, 15) is 4.79 Å². The summed E-state index contributed by atoms with van der Waals surface area (Å²) in [5, 5.41) is 3.67. The van der Waals surface area contributed by atoms with Crippen molar-refractivity contribution in [1.29, 1.82) is 0 Å². The number of hydrogen-bond donors (Lipinski definition) is 1. The Hall–Kier alpha value is -0.0900. The first kappa shape index (κ1) is 11.0. The second-order valence-electron chi connectivity index (χ2n) is 3.62. The summed E-state index contributed by atoms with van der Waals surface area (Å²) >= 11 is 3.31. The Kier molecular flexibility index (Phi) is 4.19. The van der Waals surface area contributed by atoms with Crippen molar-refractivity contribution in [3.05, 3.63) is 0 Å². The van der Waals surface area contributed by atoms with Gasteiger partial charge in [0.2, 0.25) is 5.91 Å². The first-order valence-corrected chi connectivity index (χ1v) is 5.75. The van der Waals surface area contributed by atoms with Gasteiger partial charge in [0.05, 0.1) is 0 Å². The van der Waals surface area contributed by atoms with Crippen molar-refractivity contribution in [3.63, 3.8) is 0 Å². The molecule has 1 fully saturated rings. The molecule has 4 heteroatoms. The lowest BCUT2D eigenvalue weighted by Gasteiger charge is -2.17. The molecule has 0 bridgehead atoms. The number of rotatable bonds is 3. The predicted octanol–water partition coefficient (Wildman–Crippen LogP) is 1.31. The molecular weight excluding hydrogens is 234 g/mol. The van der Waals surface area contributed by atoms with Gasteiger partial charge in [0, 0.05) is 18.0 Å². The molecule has 0 aromatic rings. The zero-order valence-electron chi connectivity index (χ0n) is 8.05. The van der Waals surface area contributed by atoms with Crippen molar-refractivity contribution < 1.29 is 9.53 Å². The molecule has 0 aliphatic carbocycles. The molecule has 1 rings (SSSR count). The smallest absolute Gasteiger partial charge is 0.249 e. The highest BCUT2D eigenvalue weighted by molar-refractivity contribution is 9.09. The van der Waals surface area contributed by atoms with Crippen molar-refractivity contribution in [2.45, 2.75) is 32.4 Å². The predicted molar refractivity (Wildman–Crippen MR) is 54.9 cm³/mol. The summed E-state index contributed by atoms with van der Waals surface area (Å²) in [6.45, 7) is 4.73. The second kappa shape index (κ2) is 4.96. The molecular formula is C9H16BrNO2. The van der Waals surface area contributed by atoms with Gasteiger partial charge in [-0.25, -0.2) is 0 Å². The average molecular weight is 250 g/mol. The minimum Gasteiger partial charge on any atom is -0.368 e. The molecule has 13 heavy (non-hydrogen) atoms. The maximum absolute atomic E-state index is 11.6. The summed E-state index contributed by atoms with van der Waals surface area (Å²) in [5.74, 6) is 0.375. The number of alkyl halides is 1. The van der Waals surface area contributed by atoms with Crippen LogP contribution in [0.5, 0.6) is 0 Å². The minimum atomic E-state index is -0.235. The normalized spacial score (nSPS) is 30.1. The van der Waals surface area contributed by atoms with E-state index in [0.717, 1.165) is 11.8 Å². The summed E-state index contributed by atoms with van der Waals surface area (Å²) in [4.78, 5) is 11.6. The van der Waals surface area contributed by atoms with Gasteiger partial charge in [0.1, 0.15) is 6.10 Å². The van der Waals surface area contributed by atoms with Crippen LogP contribution in [0.25, 0.3) is 0 Å². The van der Waals surface area contributed by atoms with Crippen LogP contribution in [0.2, 0.25) is 0 Å². The van der Waals surface area contributed by atoms with E-state index < -0.39 is 0 Å². The Morgan fingerprint density at radius 3 is 2.92 bits per heavy atom. The van der Waals surface area contributed by atoms with Crippen LogP contribution in [0.15, 0.2) is 0 Å². The van der Waals surface area contributed by atoms with Crippen LogP contribution in [0.1, 0.15) is 20.3 Å². The fourth-order valence-corrected chi connectivity index (χ4v) is 1.56. The Morgan fingerprint density at radius 2 is 2.46 bits per heavy atom. The number of halogens is 1. The number of hydrogen-bond acceptors (Lipinski definition) is 2. The van der Waals surface area contributed by atoms with Crippen molar-refractivity contribution in [2.75, 3.05) is 11.9 Å². The Labute approximate surface area is 87.3 Å². The van der Waals surface area contributed by atoms with E-state index in [2.05, 4.69) is 28.2 Å². The van der Waals surface area contributed by atoms with Gasteiger partial charge in [0.15, 0.2) is 0 Å². The number of ether oxygens (including phenoxy) is 1. The maximum Gasteiger partial charge on any atom is 0.249 e. The fourth-order valence-electron chi connectivity index (χ4n) is 1.39. The van der Waals surface area contributed by atoms with Gasteiger partial charge in [-0.05, 0) is 19.3 Å². The monoisotopic (exact) mass is 249 g/mol. The molecule has 3 atom stereocenters. The number of nitrogens with one attached hydrogen (secondary N) is 1. The molecule has 1 heterocycles. The van der Waals surface area contributed by atoms with Crippen molar-refractivity contribution in [3.8, 4) is 0 Å². The van der Waals surface area contributed by atoms with Crippen LogP contribution in [-0.2, 0) is 9.53 Å². The summed E-state index contributed by atoms with van der Waals surface area (Å²) < 4.78 is 5.35. The van der Waals surface area contributed by atoms with Gasteiger partial charge in [-0.2, -0.15) is 0 Å². The van der Waals surface area contributed by atoms with Crippen LogP contribution >= 0.6 is 15.9 Å². The van der Waals surface area contributed by atoms with Crippen LogP contribution in [-0.4, -0.2) is 30.0 Å². The Morgan fingerprint density at radius 1 is 1.77 bits per heavy atom. The second-order valence-corrected chi connectivity index (χ2v) is 4.27. The number of carbonyl (C=O) groups is 1. The largest absolute Gasteiger partial charge is 0.368 e. The average Bonchev–Trinajstić information content (AvgIpc) is 2.51. The third-order valence-electron chi connectivity index (χ3n) is 2.27. The molecule has 0 aromatic carbocycles. The van der Waals surface area contributed by atoms with Gasteiger partial charge in [0.25, 0.3) is 0 Å². The summed E-state index contributed by atoms with van der Waals surface area (Å²) in [6.07, 6.45) is 0.752. The lowest BCUT2D eigenvalue weighted by Crippen LogP contribution is -2.42. The maximum atomic E-state index is 11.6. The van der Waals surface area contributed by atoms with Crippen LogP contribution in [0, 0.1) is 5.92 Å². The molecule has 3 unspecified atom stereocenters. The van der Waals surface area contributed by atoms with E-state index in [1.54, 1.807) is 0 Å². The quantitative estimate of drug-likeness (QED) is 0.767.